The Labute approximate surface area is 150 Å². The molecule has 1 heterocycles. The Bertz CT molecular complexity index is 893. The Kier molecular flexibility index (Phi) is 4.50. The van der Waals surface area contributed by atoms with Crippen molar-refractivity contribution in [2.75, 3.05) is 25.5 Å². The lowest BCUT2D eigenvalue weighted by atomic mass is 10.1. The summed E-state index contributed by atoms with van der Waals surface area (Å²) in [5, 5.41) is 0. The average molecular weight is 409 g/mol. The van der Waals surface area contributed by atoms with Crippen molar-refractivity contribution in [3.63, 3.8) is 0 Å². The van der Waals surface area contributed by atoms with Gasteiger partial charge in [-0.25, -0.2) is 12.7 Å². The molecule has 0 atom stereocenters. The largest absolute Gasteiger partial charge is 0.308 e. The highest BCUT2D eigenvalue weighted by Gasteiger charge is 2.27. The van der Waals surface area contributed by atoms with Crippen molar-refractivity contribution in [2.24, 2.45) is 0 Å². The molecule has 126 valence electrons. The number of hydrogen-bond acceptors (Lipinski definition) is 3. The molecule has 24 heavy (non-hydrogen) atoms. The van der Waals surface area contributed by atoms with E-state index in [-0.39, 0.29) is 10.8 Å². The highest BCUT2D eigenvalue weighted by molar-refractivity contribution is 9.10. The van der Waals surface area contributed by atoms with Crippen LogP contribution in [0, 0.1) is 0 Å². The summed E-state index contributed by atoms with van der Waals surface area (Å²) in [5.74, 6) is -0.0792. The van der Waals surface area contributed by atoms with E-state index in [0.29, 0.717) is 18.5 Å². The zero-order chi connectivity index (χ0) is 17.5. The topological polar surface area (TPSA) is 57.7 Å². The Balaban J connectivity index is 1.93. The fourth-order valence-corrected chi connectivity index (χ4v) is 3.93. The zero-order valence-corrected chi connectivity index (χ0v) is 15.8. The van der Waals surface area contributed by atoms with E-state index in [1.165, 1.54) is 18.4 Å². The van der Waals surface area contributed by atoms with Crippen LogP contribution in [-0.2, 0) is 16.4 Å². The Hall–Kier alpha value is -1.70. The second kappa shape index (κ2) is 6.31. The van der Waals surface area contributed by atoms with Crippen LogP contribution < -0.4 is 4.90 Å². The van der Waals surface area contributed by atoms with Gasteiger partial charge in [-0.15, -0.1) is 0 Å². The van der Waals surface area contributed by atoms with Crippen molar-refractivity contribution in [3.8, 4) is 0 Å². The third-order valence-corrected chi connectivity index (χ3v) is 6.40. The van der Waals surface area contributed by atoms with Gasteiger partial charge < -0.3 is 4.90 Å². The summed E-state index contributed by atoms with van der Waals surface area (Å²) in [7, 11) is -0.457. The molecule has 0 N–H and O–H groups in total. The third-order valence-electron chi connectivity index (χ3n) is 4.06. The van der Waals surface area contributed by atoms with E-state index in [2.05, 4.69) is 15.9 Å². The van der Waals surface area contributed by atoms with Crippen molar-refractivity contribution in [3.05, 3.63) is 58.1 Å². The maximum atomic E-state index is 12.7. The molecule has 0 saturated heterocycles. The standard InChI is InChI=1S/C17H17BrN2O3S/c1-19(2)24(22,23)15-7-8-16-13(11-15)9-10-20(16)17(21)12-3-5-14(18)6-4-12/h3-8,11H,9-10H2,1-2H3. The molecule has 2 aromatic carbocycles. The number of nitrogens with zero attached hydrogens (tertiary/aromatic N) is 2. The highest BCUT2D eigenvalue weighted by atomic mass is 79.9. The molecule has 0 spiro atoms. The normalized spacial score (nSPS) is 14.1. The maximum absolute atomic E-state index is 12.7. The maximum Gasteiger partial charge on any atom is 0.258 e. The number of hydrogen-bond donors (Lipinski definition) is 0. The molecule has 7 heteroatoms. The van der Waals surface area contributed by atoms with Gasteiger partial charge in [-0.3, -0.25) is 4.79 Å². The molecule has 5 nitrogen and oxygen atoms in total. The highest BCUT2D eigenvalue weighted by Crippen LogP contribution is 2.32. The number of fused-ring (bicyclic) bond motifs is 1. The molecule has 3 rings (SSSR count). The van der Waals surface area contributed by atoms with Crippen molar-refractivity contribution >= 4 is 37.5 Å². The molecular formula is C17H17BrN2O3S. The minimum Gasteiger partial charge on any atom is -0.308 e. The van der Waals surface area contributed by atoms with Crippen LogP contribution in [0.4, 0.5) is 5.69 Å². The molecule has 0 radical (unpaired) electrons. The lowest BCUT2D eigenvalue weighted by Crippen LogP contribution is -2.28. The molecule has 1 aliphatic heterocycles. The van der Waals surface area contributed by atoms with Gasteiger partial charge in [0.05, 0.1) is 4.90 Å². The van der Waals surface area contributed by atoms with E-state index in [9.17, 15) is 13.2 Å². The molecular weight excluding hydrogens is 392 g/mol. The second-order valence-corrected chi connectivity index (χ2v) is 8.86. The van der Waals surface area contributed by atoms with Gasteiger partial charge in [0, 0.05) is 36.4 Å². The Morgan fingerprint density at radius 1 is 1.12 bits per heavy atom. The van der Waals surface area contributed by atoms with Crippen LogP contribution in [0.5, 0.6) is 0 Å². The average Bonchev–Trinajstić information content (AvgIpc) is 2.97. The van der Waals surface area contributed by atoms with E-state index in [1.807, 2.05) is 12.1 Å². The van der Waals surface area contributed by atoms with Gasteiger partial charge in [0.2, 0.25) is 10.0 Å². The first-order valence-corrected chi connectivity index (χ1v) is 9.67. The van der Waals surface area contributed by atoms with E-state index in [4.69, 9.17) is 0 Å². The number of halogens is 1. The summed E-state index contributed by atoms with van der Waals surface area (Å²) in [6, 6.07) is 12.1. The number of anilines is 1. The first-order valence-electron chi connectivity index (χ1n) is 7.43. The van der Waals surface area contributed by atoms with Gasteiger partial charge >= 0.3 is 0 Å². The number of benzene rings is 2. The predicted molar refractivity (Wildman–Crippen MR) is 96.8 cm³/mol. The lowest BCUT2D eigenvalue weighted by molar-refractivity contribution is 0.0989. The quantitative estimate of drug-likeness (QED) is 0.784. The first kappa shape index (κ1) is 17.1. The van der Waals surface area contributed by atoms with Gasteiger partial charge in [-0.1, -0.05) is 15.9 Å². The van der Waals surface area contributed by atoms with E-state index in [1.54, 1.807) is 35.2 Å². The number of rotatable bonds is 3. The molecule has 0 aliphatic carbocycles. The summed E-state index contributed by atoms with van der Waals surface area (Å²) < 4.78 is 26.6. The minimum absolute atomic E-state index is 0.0792. The third kappa shape index (κ3) is 2.99. The van der Waals surface area contributed by atoms with Gasteiger partial charge in [0.1, 0.15) is 0 Å². The lowest BCUT2D eigenvalue weighted by Gasteiger charge is -2.18. The van der Waals surface area contributed by atoms with Gasteiger partial charge in [0.25, 0.3) is 5.91 Å². The molecule has 2 aromatic rings. The van der Waals surface area contributed by atoms with Crippen LogP contribution in [0.25, 0.3) is 0 Å². The van der Waals surface area contributed by atoms with Crippen LogP contribution in [0.2, 0.25) is 0 Å². The van der Waals surface area contributed by atoms with Crippen LogP contribution in [0.1, 0.15) is 15.9 Å². The van der Waals surface area contributed by atoms with Crippen molar-refractivity contribution in [1.29, 1.82) is 0 Å². The van der Waals surface area contributed by atoms with Gasteiger partial charge in [-0.05, 0) is 54.4 Å². The number of sulfonamides is 1. The fourth-order valence-electron chi connectivity index (χ4n) is 2.71. The van der Waals surface area contributed by atoms with Crippen molar-refractivity contribution in [2.45, 2.75) is 11.3 Å². The summed E-state index contributed by atoms with van der Waals surface area (Å²) in [4.78, 5) is 14.6. The smallest absolute Gasteiger partial charge is 0.258 e. The number of amides is 1. The fraction of sp³-hybridized carbons (Fsp3) is 0.235. The molecule has 0 bridgehead atoms. The van der Waals surface area contributed by atoms with Crippen LogP contribution >= 0.6 is 15.9 Å². The second-order valence-electron chi connectivity index (χ2n) is 5.79. The molecule has 0 unspecified atom stereocenters. The zero-order valence-electron chi connectivity index (χ0n) is 13.4. The van der Waals surface area contributed by atoms with E-state index >= 15 is 0 Å². The molecule has 0 saturated carbocycles. The number of carbonyl (C=O) groups excluding carboxylic acids is 1. The van der Waals surface area contributed by atoms with Crippen LogP contribution in [0.15, 0.2) is 51.8 Å². The molecule has 0 fully saturated rings. The Morgan fingerprint density at radius 3 is 2.42 bits per heavy atom. The summed E-state index contributed by atoms with van der Waals surface area (Å²) >= 11 is 3.36. The molecule has 0 aromatic heterocycles. The van der Waals surface area contributed by atoms with Crippen LogP contribution in [-0.4, -0.2) is 39.3 Å². The molecule has 1 amide bonds. The summed E-state index contributed by atoms with van der Waals surface area (Å²) in [6.07, 6.45) is 0.647. The van der Waals surface area contributed by atoms with Gasteiger partial charge in [0.15, 0.2) is 0 Å². The van der Waals surface area contributed by atoms with E-state index < -0.39 is 10.0 Å². The van der Waals surface area contributed by atoms with Gasteiger partial charge in [-0.2, -0.15) is 0 Å². The van der Waals surface area contributed by atoms with Crippen molar-refractivity contribution in [1.82, 2.24) is 4.31 Å². The predicted octanol–water partition coefficient (Wildman–Crippen LogP) is 2.90. The van der Waals surface area contributed by atoms with E-state index in [0.717, 1.165) is 15.7 Å². The Morgan fingerprint density at radius 2 is 1.79 bits per heavy atom. The SMILES string of the molecule is CN(C)S(=O)(=O)c1ccc2c(c1)CCN2C(=O)c1ccc(Br)cc1. The van der Waals surface area contributed by atoms with Crippen LogP contribution in [0.3, 0.4) is 0 Å². The minimum atomic E-state index is -3.47. The number of carbonyl (C=O) groups is 1. The summed E-state index contributed by atoms with van der Waals surface area (Å²) in [5.41, 5.74) is 2.26. The summed E-state index contributed by atoms with van der Waals surface area (Å²) in [6.45, 7) is 0.551. The first-order chi connectivity index (χ1) is 11.3. The monoisotopic (exact) mass is 408 g/mol. The molecule has 1 aliphatic rings. The van der Waals surface area contributed by atoms with Crippen molar-refractivity contribution < 1.29 is 13.2 Å².